The van der Waals surface area contributed by atoms with Crippen LogP contribution in [0.2, 0.25) is 0 Å². The maximum absolute atomic E-state index is 10.6. The van der Waals surface area contributed by atoms with Crippen LogP contribution in [-0.2, 0) is 0 Å². The normalized spacial score (nSPS) is 14.8. The molecule has 0 bridgehead atoms. The zero-order valence-corrected chi connectivity index (χ0v) is 13.5. The third kappa shape index (κ3) is 3.64. The van der Waals surface area contributed by atoms with Crippen LogP contribution < -0.4 is 4.74 Å². The van der Waals surface area contributed by atoms with Gasteiger partial charge in [0.15, 0.2) is 6.10 Å². The molecule has 0 aliphatic heterocycles. The summed E-state index contributed by atoms with van der Waals surface area (Å²) < 4.78 is 7.00. The van der Waals surface area contributed by atoms with Crippen LogP contribution in [0.25, 0.3) is 0 Å². The van der Waals surface area contributed by atoms with E-state index >= 15 is 0 Å². The lowest BCUT2D eigenvalue weighted by Gasteiger charge is -2.32. The molecular weight excluding hydrogens is 318 g/mol. The monoisotopic (exact) mass is 337 g/mol. The smallest absolute Gasteiger partial charge is 0.165 e. The standard InChI is InChI=1S/C16H20BrNO2/c1-16(2,3)15(19)14(13-5-4-10-18-13)20-12-8-6-11(17)7-9-12/h4-10,14-15,18-19H,1-3H3. The van der Waals surface area contributed by atoms with Crippen molar-refractivity contribution in [3.8, 4) is 5.75 Å². The maximum atomic E-state index is 10.6. The third-order valence-corrected chi connectivity index (χ3v) is 3.71. The Balaban J connectivity index is 2.26. The highest BCUT2D eigenvalue weighted by Crippen LogP contribution is 2.33. The molecule has 1 heterocycles. The Morgan fingerprint density at radius 3 is 2.30 bits per heavy atom. The number of aromatic amines is 1. The summed E-state index contributed by atoms with van der Waals surface area (Å²) in [6, 6.07) is 11.4. The molecule has 0 saturated heterocycles. The van der Waals surface area contributed by atoms with Gasteiger partial charge in [-0.15, -0.1) is 0 Å². The van der Waals surface area contributed by atoms with Gasteiger partial charge in [0.25, 0.3) is 0 Å². The van der Waals surface area contributed by atoms with Gasteiger partial charge in [0.2, 0.25) is 0 Å². The lowest BCUT2D eigenvalue weighted by atomic mass is 9.85. The molecule has 0 aliphatic rings. The van der Waals surface area contributed by atoms with E-state index in [1.165, 1.54) is 0 Å². The van der Waals surface area contributed by atoms with Crippen LogP contribution in [0.1, 0.15) is 32.6 Å². The average Bonchev–Trinajstić information content (AvgIpc) is 2.90. The predicted octanol–water partition coefficient (Wildman–Crippen LogP) is 4.30. The van der Waals surface area contributed by atoms with Crippen LogP contribution in [-0.4, -0.2) is 16.2 Å². The maximum Gasteiger partial charge on any atom is 0.165 e. The van der Waals surface area contributed by atoms with Crippen molar-refractivity contribution >= 4 is 15.9 Å². The molecular formula is C16H20BrNO2. The summed E-state index contributed by atoms with van der Waals surface area (Å²) in [5.74, 6) is 0.733. The van der Waals surface area contributed by atoms with Crippen LogP contribution >= 0.6 is 15.9 Å². The van der Waals surface area contributed by atoms with Gasteiger partial charge in [0.1, 0.15) is 11.9 Å². The highest BCUT2D eigenvalue weighted by Gasteiger charge is 2.33. The van der Waals surface area contributed by atoms with Crippen molar-refractivity contribution in [1.29, 1.82) is 0 Å². The fourth-order valence-corrected chi connectivity index (χ4v) is 2.20. The lowest BCUT2D eigenvalue weighted by molar-refractivity contribution is -0.0348. The first kappa shape index (κ1) is 15.1. The molecule has 1 aromatic heterocycles. The van der Waals surface area contributed by atoms with E-state index in [9.17, 15) is 5.11 Å². The second-order valence-electron chi connectivity index (χ2n) is 5.93. The van der Waals surface area contributed by atoms with Crippen molar-refractivity contribution < 1.29 is 9.84 Å². The van der Waals surface area contributed by atoms with Gasteiger partial charge in [-0.2, -0.15) is 0 Å². The van der Waals surface area contributed by atoms with Gasteiger partial charge in [-0.3, -0.25) is 0 Å². The minimum Gasteiger partial charge on any atom is -0.481 e. The summed E-state index contributed by atoms with van der Waals surface area (Å²) in [5.41, 5.74) is 0.598. The molecule has 0 radical (unpaired) electrons. The molecule has 0 saturated carbocycles. The Bertz CT molecular complexity index is 529. The van der Waals surface area contributed by atoms with Crippen molar-refractivity contribution in [3.05, 3.63) is 52.8 Å². The van der Waals surface area contributed by atoms with E-state index in [4.69, 9.17) is 4.74 Å². The number of nitrogens with one attached hydrogen (secondary N) is 1. The Morgan fingerprint density at radius 2 is 1.80 bits per heavy atom. The highest BCUT2D eigenvalue weighted by molar-refractivity contribution is 9.10. The van der Waals surface area contributed by atoms with E-state index in [0.717, 1.165) is 15.9 Å². The number of halogens is 1. The number of aliphatic hydroxyl groups excluding tert-OH is 1. The fourth-order valence-electron chi connectivity index (χ4n) is 1.93. The van der Waals surface area contributed by atoms with Crippen LogP contribution in [0.5, 0.6) is 5.75 Å². The molecule has 2 atom stereocenters. The van der Waals surface area contributed by atoms with E-state index in [0.29, 0.717) is 0 Å². The number of aliphatic hydroxyl groups is 1. The van der Waals surface area contributed by atoms with E-state index in [1.54, 1.807) is 0 Å². The van der Waals surface area contributed by atoms with Gasteiger partial charge >= 0.3 is 0 Å². The predicted molar refractivity (Wildman–Crippen MR) is 83.8 cm³/mol. The van der Waals surface area contributed by atoms with Gasteiger partial charge in [0, 0.05) is 10.7 Å². The first-order valence-corrected chi connectivity index (χ1v) is 7.41. The van der Waals surface area contributed by atoms with Gasteiger partial charge in [-0.05, 0) is 41.8 Å². The van der Waals surface area contributed by atoms with Crippen molar-refractivity contribution in [1.82, 2.24) is 4.98 Å². The average molecular weight is 338 g/mol. The first-order valence-electron chi connectivity index (χ1n) is 6.61. The number of rotatable bonds is 4. The van der Waals surface area contributed by atoms with E-state index in [1.807, 2.05) is 63.4 Å². The topological polar surface area (TPSA) is 45.2 Å². The summed E-state index contributed by atoms with van der Waals surface area (Å²) in [6.45, 7) is 6.00. The summed E-state index contributed by atoms with van der Waals surface area (Å²) in [6.07, 6.45) is 0.791. The molecule has 1 aromatic carbocycles. The zero-order chi connectivity index (χ0) is 14.8. The van der Waals surface area contributed by atoms with E-state index < -0.39 is 12.2 Å². The van der Waals surface area contributed by atoms with Gasteiger partial charge in [-0.25, -0.2) is 0 Å². The first-order chi connectivity index (χ1) is 9.38. The molecule has 4 heteroatoms. The Kier molecular flexibility index (Phi) is 4.55. The van der Waals surface area contributed by atoms with Gasteiger partial charge in [-0.1, -0.05) is 36.7 Å². The molecule has 2 N–H and O–H groups in total. The molecule has 3 nitrogen and oxygen atoms in total. The molecule has 2 unspecified atom stereocenters. The number of H-pyrrole nitrogens is 1. The second kappa shape index (κ2) is 6.02. The molecule has 108 valence electrons. The lowest BCUT2D eigenvalue weighted by Crippen LogP contribution is -2.35. The van der Waals surface area contributed by atoms with Gasteiger partial charge in [0.05, 0.1) is 5.69 Å². The summed E-state index contributed by atoms with van der Waals surface area (Å²) in [7, 11) is 0. The molecule has 0 amide bonds. The van der Waals surface area contributed by atoms with Crippen molar-refractivity contribution in [2.45, 2.75) is 33.0 Å². The van der Waals surface area contributed by atoms with Crippen LogP contribution in [0.3, 0.4) is 0 Å². The molecule has 2 aromatic rings. The molecule has 0 spiro atoms. The Hall–Kier alpha value is -1.26. The van der Waals surface area contributed by atoms with E-state index in [-0.39, 0.29) is 5.41 Å². The summed E-state index contributed by atoms with van der Waals surface area (Å²) >= 11 is 3.40. The van der Waals surface area contributed by atoms with Crippen LogP contribution in [0.15, 0.2) is 47.1 Å². The van der Waals surface area contributed by atoms with Crippen molar-refractivity contribution in [2.24, 2.45) is 5.41 Å². The quantitative estimate of drug-likeness (QED) is 0.873. The van der Waals surface area contributed by atoms with Crippen LogP contribution in [0, 0.1) is 5.41 Å². The van der Waals surface area contributed by atoms with E-state index in [2.05, 4.69) is 20.9 Å². The number of aromatic nitrogens is 1. The van der Waals surface area contributed by atoms with Crippen molar-refractivity contribution in [3.63, 3.8) is 0 Å². The van der Waals surface area contributed by atoms with Gasteiger partial charge < -0.3 is 14.8 Å². The SMILES string of the molecule is CC(C)(C)C(O)C(Oc1ccc(Br)cc1)c1ccc[nH]1. The number of ether oxygens (including phenoxy) is 1. The van der Waals surface area contributed by atoms with Crippen molar-refractivity contribution in [2.75, 3.05) is 0 Å². The number of benzene rings is 1. The summed E-state index contributed by atoms with van der Waals surface area (Å²) in [4.78, 5) is 3.13. The van der Waals surface area contributed by atoms with Crippen LogP contribution in [0.4, 0.5) is 0 Å². The number of hydrogen-bond acceptors (Lipinski definition) is 2. The molecule has 0 fully saturated rings. The fraction of sp³-hybridized carbons (Fsp3) is 0.375. The minimum atomic E-state index is -0.621. The second-order valence-corrected chi connectivity index (χ2v) is 6.84. The molecule has 0 aliphatic carbocycles. The largest absolute Gasteiger partial charge is 0.481 e. The minimum absolute atomic E-state index is 0.273. The summed E-state index contributed by atoms with van der Waals surface area (Å²) in [5, 5.41) is 10.6. The third-order valence-electron chi connectivity index (χ3n) is 3.18. The molecule has 2 rings (SSSR count). The Morgan fingerprint density at radius 1 is 1.15 bits per heavy atom. The Labute approximate surface area is 128 Å². The molecule has 20 heavy (non-hydrogen) atoms. The highest BCUT2D eigenvalue weighted by atomic mass is 79.9. The number of hydrogen-bond donors (Lipinski definition) is 2. The zero-order valence-electron chi connectivity index (χ0n) is 11.9.